The predicted molar refractivity (Wildman–Crippen MR) is 76.5 cm³/mol. The summed E-state index contributed by atoms with van der Waals surface area (Å²) in [6.45, 7) is 0.322. The molecule has 0 aromatic heterocycles. The Kier molecular flexibility index (Phi) is 5.13. The Morgan fingerprint density at radius 1 is 1.15 bits per heavy atom. The number of hydrogen-bond donors (Lipinski definition) is 0. The molecule has 0 spiro atoms. The summed E-state index contributed by atoms with van der Waals surface area (Å²) in [5.41, 5.74) is 1.46. The molecule has 0 bridgehead atoms. The zero-order valence-corrected chi connectivity index (χ0v) is 11.6. The first kappa shape index (κ1) is 14.5. The summed E-state index contributed by atoms with van der Waals surface area (Å²) in [5.74, 6) is -0.632. The number of carbonyl (C=O) groups is 1. The minimum Gasteiger partial charge on any atom is -0.462 e. The van der Waals surface area contributed by atoms with Gasteiger partial charge in [-0.1, -0.05) is 29.8 Å². The van der Waals surface area contributed by atoms with Gasteiger partial charge in [0.2, 0.25) is 0 Å². The molecule has 0 unspecified atom stereocenters. The Morgan fingerprint density at radius 3 is 2.60 bits per heavy atom. The van der Waals surface area contributed by atoms with Gasteiger partial charge in [-0.3, -0.25) is 0 Å². The maximum Gasteiger partial charge on any atom is 0.338 e. The van der Waals surface area contributed by atoms with Crippen LogP contribution in [-0.2, 0) is 11.2 Å². The molecule has 2 aromatic carbocycles. The molecule has 0 saturated carbocycles. The van der Waals surface area contributed by atoms with Crippen LogP contribution in [0.5, 0.6) is 0 Å². The standard InChI is InChI=1S/C16H14ClFO2/c17-14-5-1-4-13(11-14)16(19)20-10-2-3-12-6-8-15(18)9-7-12/h1,4-9,11H,2-3,10H2. The minimum absolute atomic E-state index is 0.249. The average molecular weight is 293 g/mol. The number of ether oxygens (including phenoxy) is 1. The van der Waals surface area contributed by atoms with E-state index in [0.717, 1.165) is 12.0 Å². The van der Waals surface area contributed by atoms with Gasteiger partial charge in [0.15, 0.2) is 0 Å². The Labute approximate surface area is 122 Å². The topological polar surface area (TPSA) is 26.3 Å². The van der Waals surface area contributed by atoms with Crippen molar-refractivity contribution in [2.75, 3.05) is 6.61 Å². The van der Waals surface area contributed by atoms with E-state index in [1.807, 2.05) is 0 Å². The maximum atomic E-state index is 12.7. The van der Waals surface area contributed by atoms with Gasteiger partial charge >= 0.3 is 5.97 Å². The van der Waals surface area contributed by atoms with Crippen LogP contribution >= 0.6 is 11.6 Å². The van der Waals surface area contributed by atoms with Crippen LogP contribution in [0.3, 0.4) is 0 Å². The van der Waals surface area contributed by atoms with Crippen molar-refractivity contribution in [3.05, 3.63) is 70.5 Å². The predicted octanol–water partition coefficient (Wildman–Crippen LogP) is 4.27. The zero-order chi connectivity index (χ0) is 14.4. The van der Waals surface area contributed by atoms with E-state index in [9.17, 15) is 9.18 Å². The summed E-state index contributed by atoms with van der Waals surface area (Å²) in [7, 11) is 0. The van der Waals surface area contributed by atoms with Crippen molar-refractivity contribution in [3.63, 3.8) is 0 Å². The maximum absolute atomic E-state index is 12.7. The molecule has 0 N–H and O–H groups in total. The third kappa shape index (κ3) is 4.35. The SMILES string of the molecule is O=C(OCCCc1ccc(F)cc1)c1cccc(Cl)c1. The van der Waals surface area contributed by atoms with Gasteiger partial charge in [-0.25, -0.2) is 9.18 Å². The number of esters is 1. The van der Waals surface area contributed by atoms with Crippen molar-refractivity contribution in [1.29, 1.82) is 0 Å². The van der Waals surface area contributed by atoms with Gasteiger partial charge in [0.25, 0.3) is 0 Å². The van der Waals surface area contributed by atoms with Crippen LogP contribution in [0, 0.1) is 5.82 Å². The molecule has 4 heteroatoms. The average Bonchev–Trinajstić information content (AvgIpc) is 2.45. The van der Waals surface area contributed by atoms with Crippen LogP contribution in [-0.4, -0.2) is 12.6 Å². The molecule has 0 saturated heterocycles. The van der Waals surface area contributed by atoms with Crippen LogP contribution < -0.4 is 0 Å². The molecule has 0 aliphatic carbocycles. The van der Waals surface area contributed by atoms with E-state index in [-0.39, 0.29) is 11.8 Å². The fourth-order valence-electron chi connectivity index (χ4n) is 1.79. The highest BCUT2D eigenvalue weighted by Crippen LogP contribution is 2.12. The molecule has 2 nitrogen and oxygen atoms in total. The summed E-state index contributed by atoms with van der Waals surface area (Å²) in [6, 6.07) is 12.9. The molecule has 0 amide bonds. The molecule has 2 aromatic rings. The summed E-state index contributed by atoms with van der Waals surface area (Å²) in [4.78, 5) is 11.7. The number of rotatable bonds is 5. The van der Waals surface area contributed by atoms with Crippen LogP contribution in [0.1, 0.15) is 22.3 Å². The first-order chi connectivity index (χ1) is 9.65. The molecule has 2 rings (SSSR count). The molecule has 0 aliphatic heterocycles. The lowest BCUT2D eigenvalue weighted by molar-refractivity contribution is 0.0500. The Morgan fingerprint density at radius 2 is 1.90 bits per heavy atom. The van der Waals surface area contributed by atoms with Gasteiger partial charge in [0.1, 0.15) is 5.82 Å². The van der Waals surface area contributed by atoms with Crippen molar-refractivity contribution < 1.29 is 13.9 Å². The Hall–Kier alpha value is -1.87. The van der Waals surface area contributed by atoms with E-state index >= 15 is 0 Å². The van der Waals surface area contributed by atoms with Crippen LogP contribution in [0.25, 0.3) is 0 Å². The van der Waals surface area contributed by atoms with Crippen molar-refractivity contribution in [3.8, 4) is 0 Å². The highest BCUT2D eigenvalue weighted by molar-refractivity contribution is 6.30. The van der Waals surface area contributed by atoms with Gasteiger partial charge < -0.3 is 4.74 Å². The molecule has 0 fully saturated rings. The summed E-state index contributed by atoms with van der Waals surface area (Å²) in [6.07, 6.45) is 1.43. The van der Waals surface area contributed by atoms with E-state index in [4.69, 9.17) is 16.3 Å². The van der Waals surface area contributed by atoms with E-state index in [1.165, 1.54) is 12.1 Å². The highest BCUT2D eigenvalue weighted by atomic mass is 35.5. The van der Waals surface area contributed by atoms with Gasteiger partial charge in [-0.2, -0.15) is 0 Å². The second-order valence-corrected chi connectivity index (χ2v) is 4.81. The lowest BCUT2D eigenvalue weighted by Gasteiger charge is -2.05. The number of aryl methyl sites for hydroxylation is 1. The molecule has 20 heavy (non-hydrogen) atoms. The molecular formula is C16H14ClFO2. The molecule has 0 radical (unpaired) electrons. The van der Waals surface area contributed by atoms with E-state index in [0.29, 0.717) is 23.6 Å². The summed E-state index contributed by atoms with van der Waals surface area (Å²) in [5, 5.41) is 0.505. The monoisotopic (exact) mass is 292 g/mol. The minimum atomic E-state index is -0.383. The molecule has 0 heterocycles. The number of halogens is 2. The van der Waals surface area contributed by atoms with Crippen LogP contribution in [0.2, 0.25) is 5.02 Å². The van der Waals surface area contributed by atoms with Gasteiger partial charge in [0.05, 0.1) is 12.2 Å². The van der Waals surface area contributed by atoms with E-state index < -0.39 is 0 Å². The normalized spacial score (nSPS) is 10.3. The van der Waals surface area contributed by atoms with Crippen molar-refractivity contribution in [2.45, 2.75) is 12.8 Å². The lowest BCUT2D eigenvalue weighted by Crippen LogP contribution is -2.07. The zero-order valence-electron chi connectivity index (χ0n) is 10.8. The fraction of sp³-hybridized carbons (Fsp3) is 0.188. The quantitative estimate of drug-likeness (QED) is 0.608. The lowest BCUT2D eigenvalue weighted by atomic mass is 10.1. The number of benzene rings is 2. The van der Waals surface area contributed by atoms with Crippen LogP contribution in [0.4, 0.5) is 4.39 Å². The third-order valence-electron chi connectivity index (χ3n) is 2.82. The number of hydrogen-bond acceptors (Lipinski definition) is 2. The molecular weight excluding hydrogens is 279 g/mol. The second kappa shape index (κ2) is 7.06. The van der Waals surface area contributed by atoms with Gasteiger partial charge in [-0.05, 0) is 48.7 Å². The molecule has 0 aliphatic rings. The highest BCUT2D eigenvalue weighted by Gasteiger charge is 2.06. The fourth-order valence-corrected chi connectivity index (χ4v) is 1.98. The molecule has 0 atom stereocenters. The van der Waals surface area contributed by atoms with Gasteiger partial charge in [-0.15, -0.1) is 0 Å². The van der Waals surface area contributed by atoms with Crippen molar-refractivity contribution >= 4 is 17.6 Å². The first-order valence-corrected chi connectivity index (χ1v) is 6.70. The smallest absolute Gasteiger partial charge is 0.338 e. The van der Waals surface area contributed by atoms with E-state index in [1.54, 1.807) is 36.4 Å². The largest absolute Gasteiger partial charge is 0.462 e. The summed E-state index contributed by atoms with van der Waals surface area (Å²) < 4.78 is 17.9. The second-order valence-electron chi connectivity index (χ2n) is 4.38. The van der Waals surface area contributed by atoms with Crippen molar-refractivity contribution in [2.24, 2.45) is 0 Å². The Balaban J connectivity index is 1.76. The molecule has 104 valence electrons. The van der Waals surface area contributed by atoms with Crippen molar-refractivity contribution in [1.82, 2.24) is 0 Å². The summed E-state index contributed by atoms with van der Waals surface area (Å²) >= 11 is 5.80. The Bertz CT molecular complexity index is 581. The first-order valence-electron chi connectivity index (χ1n) is 6.32. The van der Waals surface area contributed by atoms with Crippen LogP contribution in [0.15, 0.2) is 48.5 Å². The van der Waals surface area contributed by atoms with E-state index in [2.05, 4.69) is 0 Å². The van der Waals surface area contributed by atoms with Gasteiger partial charge in [0, 0.05) is 5.02 Å². The third-order valence-corrected chi connectivity index (χ3v) is 3.05. The number of carbonyl (C=O) groups excluding carboxylic acids is 1.